The van der Waals surface area contributed by atoms with Crippen molar-refractivity contribution in [3.8, 4) is 0 Å². The summed E-state index contributed by atoms with van der Waals surface area (Å²) in [5.41, 5.74) is 6.88. The zero-order valence-corrected chi connectivity index (χ0v) is 10.6. The quantitative estimate of drug-likeness (QED) is 0.799. The van der Waals surface area contributed by atoms with Gasteiger partial charge >= 0.3 is 5.97 Å². The molecule has 1 aliphatic rings. The highest BCUT2D eigenvalue weighted by atomic mass is 16.6. The molecule has 0 aromatic heterocycles. The Morgan fingerprint density at radius 2 is 1.88 bits per heavy atom. The van der Waals surface area contributed by atoms with Crippen LogP contribution in [0.5, 0.6) is 0 Å². The molecule has 0 radical (unpaired) electrons. The minimum Gasteiger partial charge on any atom is -0.456 e. The van der Waals surface area contributed by atoms with Gasteiger partial charge in [-0.25, -0.2) is 4.79 Å². The predicted octanol–water partition coefficient (Wildman–Crippen LogP) is 2.59. The van der Waals surface area contributed by atoms with Gasteiger partial charge in [-0.05, 0) is 45.2 Å². The lowest BCUT2D eigenvalue weighted by molar-refractivity contribution is 0.00675. The van der Waals surface area contributed by atoms with Gasteiger partial charge in [-0.2, -0.15) is 0 Å². The Morgan fingerprint density at radius 1 is 1.29 bits per heavy atom. The van der Waals surface area contributed by atoms with Crippen LogP contribution in [0.2, 0.25) is 0 Å². The van der Waals surface area contributed by atoms with Gasteiger partial charge in [0.05, 0.1) is 5.56 Å². The maximum absolute atomic E-state index is 12.1. The smallest absolute Gasteiger partial charge is 0.338 e. The largest absolute Gasteiger partial charge is 0.456 e. The fraction of sp³-hybridized carbons (Fsp3) is 0.500. The van der Waals surface area contributed by atoms with Crippen molar-refractivity contribution < 1.29 is 9.53 Å². The summed E-state index contributed by atoms with van der Waals surface area (Å²) in [5, 5.41) is 0. The average molecular weight is 233 g/mol. The molecule has 0 bridgehead atoms. The second kappa shape index (κ2) is 3.84. The van der Waals surface area contributed by atoms with E-state index in [1.165, 1.54) is 0 Å². The van der Waals surface area contributed by atoms with Crippen LogP contribution in [-0.2, 0) is 10.3 Å². The van der Waals surface area contributed by atoms with Crippen LogP contribution < -0.4 is 5.73 Å². The zero-order chi connectivity index (χ0) is 12.7. The Kier molecular flexibility index (Phi) is 2.74. The average Bonchev–Trinajstić information content (AvgIpc) is 2.95. The molecule has 0 heterocycles. The van der Waals surface area contributed by atoms with Crippen LogP contribution in [0.15, 0.2) is 24.3 Å². The minimum atomic E-state index is -0.477. The Hall–Kier alpha value is -1.35. The van der Waals surface area contributed by atoms with Crippen molar-refractivity contribution in [3.63, 3.8) is 0 Å². The van der Waals surface area contributed by atoms with E-state index in [0.717, 1.165) is 18.4 Å². The van der Waals surface area contributed by atoms with Gasteiger partial charge in [-0.15, -0.1) is 0 Å². The zero-order valence-electron chi connectivity index (χ0n) is 10.6. The number of carbonyl (C=O) groups is 1. The van der Waals surface area contributed by atoms with Gasteiger partial charge < -0.3 is 10.5 Å². The van der Waals surface area contributed by atoms with Crippen LogP contribution in [0.1, 0.15) is 49.5 Å². The molecule has 2 N–H and O–H groups in total. The molecule has 0 spiro atoms. The Balaban J connectivity index is 2.29. The van der Waals surface area contributed by atoms with Gasteiger partial charge in [0.25, 0.3) is 0 Å². The number of hydrogen-bond acceptors (Lipinski definition) is 3. The number of nitrogens with two attached hydrogens (primary N) is 1. The van der Waals surface area contributed by atoms with E-state index in [4.69, 9.17) is 10.5 Å². The number of rotatable bonds is 2. The van der Waals surface area contributed by atoms with Gasteiger partial charge in [0.2, 0.25) is 0 Å². The monoisotopic (exact) mass is 233 g/mol. The van der Waals surface area contributed by atoms with Crippen LogP contribution >= 0.6 is 0 Å². The van der Waals surface area contributed by atoms with Gasteiger partial charge in [0.1, 0.15) is 5.60 Å². The fourth-order valence-electron chi connectivity index (χ4n) is 1.83. The van der Waals surface area contributed by atoms with Gasteiger partial charge in [-0.3, -0.25) is 0 Å². The molecule has 1 aliphatic carbocycles. The van der Waals surface area contributed by atoms with Crippen molar-refractivity contribution in [2.24, 2.45) is 5.73 Å². The number of benzene rings is 1. The maximum Gasteiger partial charge on any atom is 0.338 e. The minimum absolute atomic E-state index is 0.287. The van der Waals surface area contributed by atoms with Crippen molar-refractivity contribution in [3.05, 3.63) is 35.4 Å². The Labute approximate surface area is 102 Å². The Morgan fingerprint density at radius 3 is 2.41 bits per heavy atom. The van der Waals surface area contributed by atoms with E-state index in [2.05, 4.69) is 0 Å². The van der Waals surface area contributed by atoms with E-state index in [0.29, 0.717) is 5.56 Å². The molecular weight excluding hydrogens is 214 g/mol. The first-order valence-corrected chi connectivity index (χ1v) is 5.94. The van der Waals surface area contributed by atoms with Crippen molar-refractivity contribution in [2.75, 3.05) is 0 Å². The van der Waals surface area contributed by atoms with Crippen LogP contribution in [0.3, 0.4) is 0 Å². The van der Waals surface area contributed by atoms with Gasteiger partial charge in [-0.1, -0.05) is 18.2 Å². The van der Waals surface area contributed by atoms with E-state index >= 15 is 0 Å². The third-order valence-electron chi connectivity index (χ3n) is 2.87. The summed E-state index contributed by atoms with van der Waals surface area (Å²) in [6.45, 7) is 5.59. The maximum atomic E-state index is 12.1. The molecule has 1 aromatic rings. The normalized spacial score (nSPS) is 17.6. The summed E-state index contributed by atoms with van der Waals surface area (Å²) in [6.07, 6.45) is 1.87. The van der Waals surface area contributed by atoms with Crippen molar-refractivity contribution in [2.45, 2.75) is 44.8 Å². The third-order valence-corrected chi connectivity index (χ3v) is 2.87. The molecule has 0 unspecified atom stereocenters. The summed E-state index contributed by atoms with van der Waals surface area (Å²) in [5.74, 6) is -0.287. The molecule has 1 fully saturated rings. The highest BCUT2D eigenvalue weighted by Crippen LogP contribution is 2.44. The fourth-order valence-corrected chi connectivity index (χ4v) is 1.83. The molecule has 0 saturated heterocycles. The van der Waals surface area contributed by atoms with E-state index in [1.54, 1.807) is 6.07 Å². The third kappa shape index (κ3) is 2.67. The number of ether oxygens (including phenoxy) is 1. The van der Waals surface area contributed by atoms with Crippen LogP contribution in [0.25, 0.3) is 0 Å². The first-order chi connectivity index (χ1) is 7.82. The topological polar surface area (TPSA) is 52.3 Å². The first-order valence-electron chi connectivity index (χ1n) is 5.94. The molecular formula is C14H19NO2. The standard InChI is InChI=1S/C14H19NO2/c1-13(2,3)17-12(16)10-6-4-5-7-11(10)14(15)8-9-14/h4-7H,8-9,15H2,1-3H3. The Bertz CT molecular complexity index is 442. The van der Waals surface area contributed by atoms with Crippen molar-refractivity contribution >= 4 is 5.97 Å². The van der Waals surface area contributed by atoms with Crippen LogP contribution in [0, 0.1) is 0 Å². The summed E-state index contributed by atoms with van der Waals surface area (Å²) in [7, 11) is 0. The van der Waals surface area contributed by atoms with Gasteiger partial charge in [0, 0.05) is 5.54 Å². The highest BCUT2D eigenvalue weighted by molar-refractivity contribution is 5.92. The first kappa shape index (κ1) is 12.1. The van der Waals surface area contributed by atoms with Crippen molar-refractivity contribution in [1.82, 2.24) is 0 Å². The molecule has 2 rings (SSSR count). The van der Waals surface area contributed by atoms with Gasteiger partial charge in [0.15, 0.2) is 0 Å². The summed E-state index contributed by atoms with van der Waals surface area (Å²) >= 11 is 0. The summed E-state index contributed by atoms with van der Waals surface area (Å²) in [6, 6.07) is 7.47. The van der Waals surface area contributed by atoms with E-state index in [9.17, 15) is 4.79 Å². The molecule has 0 atom stereocenters. The summed E-state index contributed by atoms with van der Waals surface area (Å²) < 4.78 is 5.39. The van der Waals surface area contributed by atoms with E-state index in [1.807, 2.05) is 39.0 Å². The highest BCUT2D eigenvalue weighted by Gasteiger charge is 2.42. The molecule has 1 saturated carbocycles. The molecule has 3 nitrogen and oxygen atoms in total. The molecule has 1 aromatic carbocycles. The summed E-state index contributed by atoms with van der Waals surface area (Å²) in [4.78, 5) is 12.1. The lowest BCUT2D eigenvalue weighted by atomic mass is 9.99. The second-order valence-corrected chi connectivity index (χ2v) is 5.70. The van der Waals surface area contributed by atoms with Crippen molar-refractivity contribution in [1.29, 1.82) is 0 Å². The molecule has 3 heteroatoms. The van der Waals surface area contributed by atoms with E-state index in [-0.39, 0.29) is 11.5 Å². The second-order valence-electron chi connectivity index (χ2n) is 5.70. The molecule has 17 heavy (non-hydrogen) atoms. The van der Waals surface area contributed by atoms with Crippen LogP contribution in [-0.4, -0.2) is 11.6 Å². The molecule has 0 amide bonds. The molecule has 0 aliphatic heterocycles. The lowest BCUT2D eigenvalue weighted by Crippen LogP contribution is -2.27. The number of esters is 1. The number of carbonyl (C=O) groups excluding carboxylic acids is 1. The SMILES string of the molecule is CC(C)(C)OC(=O)c1ccccc1C1(N)CC1. The van der Waals surface area contributed by atoms with Crippen LogP contribution in [0.4, 0.5) is 0 Å². The van der Waals surface area contributed by atoms with E-state index < -0.39 is 5.60 Å². The molecule has 92 valence electrons. The lowest BCUT2D eigenvalue weighted by Gasteiger charge is -2.21. The number of hydrogen-bond donors (Lipinski definition) is 1. The predicted molar refractivity (Wildman–Crippen MR) is 66.7 cm³/mol.